The average molecular weight is 528 g/mol. The molecule has 202 valence electrons. The number of pyridine rings is 1. The predicted octanol–water partition coefficient (Wildman–Crippen LogP) is 7.13. The summed E-state index contributed by atoms with van der Waals surface area (Å²) in [6.07, 6.45) is -1.13. The minimum atomic E-state index is -0.672. The third-order valence-corrected chi connectivity index (χ3v) is 6.96. The molecule has 3 aromatic carbocycles. The topological polar surface area (TPSA) is 49.8 Å². The van der Waals surface area contributed by atoms with Crippen molar-refractivity contribution in [1.29, 1.82) is 0 Å². The monoisotopic (exact) mass is 527 g/mol. The summed E-state index contributed by atoms with van der Waals surface area (Å²) in [6.45, 7) is 4.99. The van der Waals surface area contributed by atoms with E-state index in [9.17, 15) is 0 Å². The van der Waals surface area contributed by atoms with E-state index in [2.05, 4.69) is 4.98 Å². The van der Waals surface area contributed by atoms with Crippen molar-refractivity contribution in [3.05, 3.63) is 131 Å². The molecule has 2 heterocycles. The number of hydrogen-bond donors (Lipinski definition) is 0. The Hall–Kier alpha value is -3.58. The first kappa shape index (κ1) is 27.0. The van der Waals surface area contributed by atoms with Crippen molar-refractivity contribution in [2.45, 2.75) is 64.5 Å². The number of hydrogen-bond acceptors (Lipinski definition) is 5. The first-order valence-corrected chi connectivity index (χ1v) is 13.4. The quantitative estimate of drug-likeness (QED) is 0.194. The van der Waals surface area contributed by atoms with Gasteiger partial charge >= 0.3 is 0 Å². The molecule has 5 nitrogen and oxygen atoms in total. The first-order chi connectivity index (χ1) is 19.1. The summed E-state index contributed by atoms with van der Waals surface area (Å²) in [4.78, 5) is 4.19. The molecule has 0 aliphatic carbocycles. The smallest absolute Gasteiger partial charge is 0.222 e. The zero-order valence-corrected chi connectivity index (χ0v) is 22.3. The van der Waals surface area contributed by atoms with E-state index in [4.69, 9.17) is 18.9 Å². The summed E-state index contributed by atoms with van der Waals surface area (Å²) in [5.74, 6) is -0.357. The number of aromatic nitrogens is 1. The van der Waals surface area contributed by atoms with Gasteiger partial charge in [0.1, 0.15) is 24.9 Å². The lowest BCUT2D eigenvalue weighted by molar-refractivity contribution is -0.0797. The van der Waals surface area contributed by atoms with Crippen molar-refractivity contribution >= 4 is 0 Å². The highest BCUT2D eigenvalue weighted by Crippen LogP contribution is 2.41. The molecule has 4 atom stereocenters. The van der Waals surface area contributed by atoms with Crippen LogP contribution in [0.3, 0.4) is 0 Å². The average Bonchev–Trinajstić information content (AvgIpc) is 3.33. The zero-order valence-electron chi connectivity index (χ0n) is 22.3. The van der Waals surface area contributed by atoms with E-state index in [-0.39, 0.29) is 18.1 Å². The maximum atomic E-state index is 15.6. The van der Waals surface area contributed by atoms with Gasteiger partial charge < -0.3 is 18.9 Å². The van der Waals surface area contributed by atoms with Gasteiger partial charge in [0.15, 0.2) is 0 Å². The Morgan fingerprint density at radius 3 is 1.79 bits per heavy atom. The van der Waals surface area contributed by atoms with Gasteiger partial charge in [-0.2, -0.15) is 9.37 Å². The highest BCUT2D eigenvalue weighted by atomic mass is 19.1. The third kappa shape index (κ3) is 6.71. The Labute approximate surface area is 229 Å². The molecule has 39 heavy (non-hydrogen) atoms. The molecule has 0 spiro atoms. The molecule has 0 radical (unpaired) electrons. The van der Waals surface area contributed by atoms with E-state index in [1.807, 2.05) is 105 Å². The summed E-state index contributed by atoms with van der Waals surface area (Å²) in [5, 5.41) is 0. The number of rotatable bonds is 11. The Bertz CT molecular complexity index is 1320. The molecular weight excluding hydrogens is 493 g/mol. The van der Waals surface area contributed by atoms with Crippen LogP contribution in [0.15, 0.2) is 97.1 Å². The van der Waals surface area contributed by atoms with Crippen LogP contribution in [-0.4, -0.2) is 23.3 Å². The van der Waals surface area contributed by atoms with Gasteiger partial charge in [0.25, 0.3) is 0 Å². The Morgan fingerprint density at radius 1 is 0.744 bits per heavy atom. The van der Waals surface area contributed by atoms with Gasteiger partial charge in [0.2, 0.25) is 11.8 Å². The molecule has 1 fully saturated rings. The van der Waals surface area contributed by atoms with Gasteiger partial charge in [-0.3, -0.25) is 0 Å². The number of benzene rings is 3. The molecule has 4 aromatic rings. The van der Waals surface area contributed by atoms with Crippen LogP contribution in [0.2, 0.25) is 0 Å². The van der Waals surface area contributed by atoms with Crippen LogP contribution in [0, 0.1) is 12.9 Å². The molecule has 1 saturated heterocycles. The lowest BCUT2D eigenvalue weighted by Gasteiger charge is -2.25. The van der Waals surface area contributed by atoms with E-state index in [1.54, 1.807) is 6.07 Å². The molecular formula is C33H34FNO4. The summed E-state index contributed by atoms with van der Waals surface area (Å²) < 4.78 is 40.7. The van der Waals surface area contributed by atoms with Crippen LogP contribution < -0.4 is 4.74 Å². The van der Waals surface area contributed by atoms with Gasteiger partial charge in [-0.25, -0.2) is 0 Å². The first-order valence-electron chi connectivity index (χ1n) is 13.4. The third-order valence-electron chi connectivity index (χ3n) is 6.96. The van der Waals surface area contributed by atoms with Crippen molar-refractivity contribution in [3.8, 4) is 5.88 Å². The Morgan fingerprint density at radius 2 is 1.26 bits per heavy atom. The summed E-state index contributed by atoms with van der Waals surface area (Å²) >= 11 is 0. The number of ether oxygens (including phenoxy) is 4. The molecule has 5 rings (SSSR count). The predicted molar refractivity (Wildman–Crippen MR) is 148 cm³/mol. The van der Waals surface area contributed by atoms with E-state index >= 15 is 4.39 Å². The van der Waals surface area contributed by atoms with Crippen molar-refractivity contribution in [2.75, 3.05) is 0 Å². The van der Waals surface area contributed by atoms with E-state index in [0.717, 1.165) is 22.3 Å². The highest BCUT2D eigenvalue weighted by Gasteiger charge is 2.47. The molecule has 0 amide bonds. The standard InChI is InChI=1S/C33H34FNO4/c1-3-28-30(36-20-24-13-7-4-8-14-24)31(37-21-25-15-9-5-10-16-25)29(39-28)27-19-23(2)33(35-32(27)34)38-22-26-17-11-6-12-18-26/h4-19,28-31H,3,20-22H2,1-2H3/t28-,29+,30?,31-/m1/s1. The summed E-state index contributed by atoms with van der Waals surface area (Å²) in [7, 11) is 0. The summed E-state index contributed by atoms with van der Waals surface area (Å²) in [6, 6.07) is 31.4. The molecule has 1 unspecified atom stereocenters. The van der Waals surface area contributed by atoms with Crippen molar-refractivity contribution in [1.82, 2.24) is 4.98 Å². The van der Waals surface area contributed by atoms with Crippen LogP contribution >= 0.6 is 0 Å². The van der Waals surface area contributed by atoms with E-state index in [0.29, 0.717) is 31.8 Å². The Kier molecular flexibility index (Phi) is 8.99. The largest absolute Gasteiger partial charge is 0.473 e. The SMILES string of the molecule is CC[C@H]1O[C@@H](c2cc(C)c(OCc3ccccc3)nc2F)[C@@H](OCc2ccccc2)C1OCc1ccccc1. The summed E-state index contributed by atoms with van der Waals surface area (Å²) in [5.41, 5.74) is 4.15. The minimum Gasteiger partial charge on any atom is -0.473 e. The van der Waals surface area contributed by atoms with Crippen LogP contribution in [0.1, 0.15) is 47.3 Å². The van der Waals surface area contributed by atoms with Crippen molar-refractivity contribution < 1.29 is 23.3 Å². The number of halogens is 1. The van der Waals surface area contributed by atoms with Gasteiger partial charge in [0.05, 0.1) is 19.3 Å². The zero-order chi connectivity index (χ0) is 27.0. The molecule has 1 aromatic heterocycles. The lowest BCUT2D eigenvalue weighted by Crippen LogP contribution is -2.35. The van der Waals surface area contributed by atoms with Crippen molar-refractivity contribution in [2.24, 2.45) is 0 Å². The van der Waals surface area contributed by atoms with Gasteiger partial charge in [0, 0.05) is 11.1 Å². The second-order valence-electron chi connectivity index (χ2n) is 9.79. The Balaban J connectivity index is 1.39. The van der Waals surface area contributed by atoms with Crippen LogP contribution in [0.25, 0.3) is 0 Å². The van der Waals surface area contributed by atoms with Crippen LogP contribution in [0.5, 0.6) is 5.88 Å². The number of nitrogens with zero attached hydrogens (tertiary/aromatic N) is 1. The van der Waals surface area contributed by atoms with Crippen molar-refractivity contribution in [3.63, 3.8) is 0 Å². The fraction of sp³-hybridized carbons (Fsp3) is 0.303. The molecule has 0 N–H and O–H groups in total. The van der Waals surface area contributed by atoms with Gasteiger partial charge in [-0.15, -0.1) is 0 Å². The second-order valence-corrected chi connectivity index (χ2v) is 9.79. The van der Waals surface area contributed by atoms with Crippen LogP contribution in [-0.2, 0) is 34.0 Å². The maximum Gasteiger partial charge on any atom is 0.222 e. The van der Waals surface area contributed by atoms with E-state index < -0.39 is 18.2 Å². The highest BCUT2D eigenvalue weighted by molar-refractivity contribution is 5.32. The molecule has 0 saturated carbocycles. The van der Waals surface area contributed by atoms with E-state index in [1.165, 1.54) is 0 Å². The normalized spacial score (nSPS) is 20.7. The minimum absolute atomic E-state index is 0.256. The molecule has 6 heteroatoms. The fourth-order valence-corrected chi connectivity index (χ4v) is 4.89. The van der Waals surface area contributed by atoms with Gasteiger partial charge in [-0.05, 0) is 36.1 Å². The number of aryl methyl sites for hydroxylation is 1. The molecule has 1 aliphatic rings. The maximum absolute atomic E-state index is 15.6. The van der Waals surface area contributed by atoms with Gasteiger partial charge in [-0.1, -0.05) is 97.9 Å². The lowest BCUT2D eigenvalue weighted by atomic mass is 10.00. The molecule has 0 bridgehead atoms. The second kappa shape index (κ2) is 13.0. The fourth-order valence-electron chi connectivity index (χ4n) is 4.89. The van der Waals surface area contributed by atoms with Crippen LogP contribution in [0.4, 0.5) is 4.39 Å². The molecule has 1 aliphatic heterocycles.